The van der Waals surface area contributed by atoms with Crippen LogP contribution in [0.4, 0.5) is 0 Å². The maximum absolute atomic E-state index is 13.2. The molecule has 4 rings (SSSR count). The first-order valence-corrected chi connectivity index (χ1v) is 16.1. The summed E-state index contributed by atoms with van der Waals surface area (Å²) in [7, 11) is -3.80. The van der Waals surface area contributed by atoms with Gasteiger partial charge in [0.1, 0.15) is 10.9 Å². The second kappa shape index (κ2) is 13.0. The van der Waals surface area contributed by atoms with E-state index < -0.39 is 16.1 Å². The second-order valence-electron chi connectivity index (χ2n) is 10.4. The molecule has 1 aliphatic rings. The van der Waals surface area contributed by atoms with Gasteiger partial charge in [-0.05, 0) is 72.7 Å². The van der Waals surface area contributed by atoms with Crippen molar-refractivity contribution in [2.24, 2.45) is 17.8 Å². The van der Waals surface area contributed by atoms with Gasteiger partial charge in [-0.25, -0.2) is 13.1 Å². The summed E-state index contributed by atoms with van der Waals surface area (Å²) in [5.41, 5.74) is 0. The molecule has 1 aromatic heterocycles. The summed E-state index contributed by atoms with van der Waals surface area (Å²) < 4.78 is 29.3. The van der Waals surface area contributed by atoms with Crippen LogP contribution in [0.15, 0.2) is 53.4 Å². The van der Waals surface area contributed by atoms with Gasteiger partial charge in [-0.15, -0.1) is 11.3 Å². The first kappa shape index (κ1) is 29.8. The van der Waals surface area contributed by atoms with E-state index >= 15 is 0 Å². The van der Waals surface area contributed by atoms with Crippen LogP contribution in [-0.2, 0) is 14.8 Å². The number of hydrogen-bond donors (Lipinski definition) is 3. The first-order valence-electron chi connectivity index (χ1n) is 13.1. The van der Waals surface area contributed by atoms with Crippen molar-refractivity contribution in [3.8, 4) is 0 Å². The van der Waals surface area contributed by atoms with Crippen LogP contribution in [0.3, 0.4) is 0 Å². The molecular formula is C28H33Cl2N3O4S2. The van der Waals surface area contributed by atoms with Crippen LogP contribution in [0.2, 0.25) is 10.0 Å². The van der Waals surface area contributed by atoms with Gasteiger partial charge in [0.15, 0.2) is 0 Å². The summed E-state index contributed by atoms with van der Waals surface area (Å²) in [5.74, 6) is -0.0849. The summed E-state index contributed by atoms with van der Waals surface area (Å²) in [5, 5.41) is 7.38. The highest BCUT2D eigenvalue weighted by atomic mass is 35.5. The number of benzene rings is 2. The van der Waals surface area contributed by atoms with E-state index in [1.54, 1.807) is 0 Å². The molecule has 0 unspecified atom stereocenters. The molecule has 0 aliphatic heterocycles. The molecule has 3 aromatic rings. The molecule has 0 radical (unpaired) electrons. The zero-order chi connectivity index (χ0) is 28.2. The van der Waals surface area contributed by atoms with Gasteiger partial charge >= 0.3 is 0 Å². The van der Waals surface area contributed by atoms with E-state index in [4.69, 9.17) is 23.2 Å². The topological polar surface area (TPSA) is 104 Å². The number of amides is 2. The average Bonchev–Trinajstić information content (AvgIpc) is 3.52. The molecule has 1 saturated carbocycles. The monoisotopic (exact) mass is 609 g/mol. The lowest BCUT2D eigenvalue weighted by molar-refractivity contribution is -0.123. The van der Waals surface area contributed by atoms with Gasteiger partial charge in [-0.3, -0.25) is 9.59 Å². The highest BCUT2D eigenvalue weighted by Crippen LogP contribution is 2.32. The molecule has 2 aromatic carbocycles. The Balaban J connectivity index is 1.34. The summed E-state index contributed by atoms with van der Waals surface area (Å²) >= 11 is 13.4. The Labute approximate surface area is 243 Å². The fourth-order valence-corrected chi connectivity index (χ4v) is 7.85. The van der Waals surface area contributed by atoms with Crippen molar-refractivity contribution in [3.05, 3.63) is 63.5 Å². The third kappa shape index (κ3) is 7.73. The SMILES string of the molecule is CC(C)C[C@H](NC(=O)c1cc2ccccc2s1)C(=O)NC[C@H]1CCC[C@H]1CNS(=O)(=O)c1ccc(Cl)cc1Cl. The van der Waals surface area contributed by atoms with Crippen LogP contribution in [0.5, 0.6) is 0 Å². The van der Waals surface area contributed by atoms with Crippen LogP contribution < -0.4 is 15.4 Å². The number of sulfonamides is 1. The van der Waals surface area contributed by atoms with E-state index in [9.17, 15) is 18.0 Å². The van der Waals surface area contributed by atoms with E-state index in [0.29, 0.717) is 22.9 Å². The maximum Gasteiger partial charge on any atom is 0.262 e. The van der Waals surface area contributed by atoms with Crippen LogP contribution in [-0.4, -0.2) is 39.4 Å². The molecule has 0 spiro atoms. The predicted molar refractivity (Wildman–Crippen MR) is 158 cm³/mol. The van der Waals surface area contributed by atoms with Crippen molar-refractivity contribution in [3.63, 3.8) is 0 Å². The van der Waals surface area contributed by atoms with Crippen molar-refractivity contribution in [2.45, 2.75) is 50.5 Å². The number of nitrogens with one attached hydrogen (secondary N) is 3. The van der Waals surface area contributed by atoms with Gasteiger partial charge in [0.2, 0.25) is 15.9 Å². The third-order valence-corrected chi connectivity index (χ3v) is 10.3. The lowest BCUT2D eigenvalue weighted by Gasteiger charge is -2.24. The zero-order valence-corrected chi connectivity index (χ0v) is 25.0. The second-order valence-corrected chi connectivity index (χ2v) is 14.1. The number of carbonyl (C=O) groups is 2. The first-order chi connectivity index (χ1) is 18.5. The Hall–Kier alpha value is -2.17. The Morgan fingerprint density at radius 1 is 1.03 bits per heavy atom. The fraction of sp³-hybridized carbons (Fsp3) is 0.429. The minimum absolute atomic E-state index is 0.0117. The molecule has 0 saturated heterocycles. The number of hydrogen-bond acceptors (Lipinski definition) is 5. The molecule has 210 valence electrons. The van der Waals surface area contributed by atoms with E-state index in [-0.39, 0.29) is 46.0 Å². The molecule has 39 heavy (non-hydrogen) atoms. The standard InChI is InChI=1S/C28H33Cl2N3O4S2/c1-17(2)12-23(33-28(35)25-13-18-6-3-4-9-24(18)38-25)27(34)31-15-19-7-5-8-20(19)16-32-39(36,37)26-11-10-21(29)14-22(26)30/h3-4,6,9-11,13-14,17,19-20,23,32H,5,7-8,12,15-16H2,1-2H3,(H,31,34)(H,33,35)/t19-,20+,23+/m1/s1. The Kier molecular flexibility index (Phi) is 9.93. The summed E-state index contributed by atoms with van der Waals surface area (Å²) in [6, 6.07) is 13.3. The van der Waals surface area contributed by atoms with Gasteiger partial charge in [0, 0.05) is 22.8 Å². The Bertz CT molecular complexity index is 1410. The largest absolute Gasteiger partial charge is 0.354 e. The van der Waals surface area contributed by atoms with E-state index in [0.717, 1.165) is 29.3 Å². The molecule has 11 heteroatoms. The van der Waals surface area contributed by atoms with E-state index in [1.807, 2.05) is 44.2 Å². The fourth-order valence-electron chi connectivity index (χ4n) is 5.02. The van der Waals surface area contributed by atoms with Crippen LogP contribution in [0, 0.1) is 17.8 Å². The van der Waals surface area contributed by atoms with Crippen molar-refractivity contribution in [2.75, 3.05) is 13.1 Å². The molecule has 3 atom stereocenters. The number of thiophene rings is 1. The molecule has 1 aliphatic carbocycles. The average molecular weight is 611 g/mol. The van der Waals surface area contributed by atoms with E-state index in [1.165, 1.54) is 29.5 Å². The van der Waals surface area contributed by atoms with Crippen LogP contribution >= 0.6 is 34.5 Å². The number of fused-ring (bicyclic) bond motifs is 1. The van der Waals surface area contributed by atoms with Crippen molar-refractivity contribution < 1.29 is 18.0 Å². The summed E-state index contributed by atoms with van der Waals surface area (Å²) in [6.45, 7) is 4.69. The molecule has 0 bridgehead atoms. The summed E-state index contributed by atoms with van der Waals surface area (Å²) in [4.78, 5) is 26.7. The molecule has 1 fully saturated rings. The smallest absolute Gasteiger partial charge is 0.262 e. The Morgan fingerprint density at radius 3 is 2.44 bits per heavy atom. The van der Waals surface area contributed by atoms with Crippen molar-refractivity contribution in [1.29, 1.82) is 0 Å². The minimum atomic E-state index is -3.80. The quantitative estimate of drug-likeness (QED) is 0.253. The highest BCUT2D eigenvalue weighted by molar-refractivity contribution is 7.89. The normalized spacial score (nSPS) is 18.4. The predicted octanol–water partition coefficient (Wildman–Crippen LogP) is 5.86. The molecule has 2 amide bonds. The number of halogens is 2. The van der Waals surface area contributed by atoms with Crippen LogP contribution in [0.25, 0.3) is 10.1 Å². The Morgan fingerprint density at radius 2 is 1.74 bits per heavy atom. The highest BCUT2D eigenvalue weighted by Gasteiger charge is 2.31. The van der Waals surface area contributed by atoms with Crippen LogP contribution in [0.1, 0.15) is 49.2 Å². The lowest BCUT2D eigenvalue weighted by atomic mass is 9.96. The van der Waals surface area contributed by atoms with Gasteiger partial charge in [0.25, 0.3) is 5.91 Å². The van der Waals surface area contributed by atoms with Crippen molar-refractivity contribution in [1.82, 2.24) is 15.4 Å². The van der Waals surface area contributed by atoms with E-state index in [2.05, 4.69) is 15.4 Å². The van der Waals surface area contributed by atoms with Crippen molar-refractivity contribution >= 4 is 66.5 Å². The maximum atomic E-state index is 13.2. The third-order valence-electron chi connectivity index (χ3n) is 7.05. The molecule has 7 nitrogen and oxygen atoms in total. The van der Waals surface area contributed by atoms with Gasteiger partial charge < -0.3 is 10.6 Å². The molecule has 1 heterocycles. The number of rotatable bonds is 11. The summed E-state index contributed by atoms with van der Waals surface area (Å²) in [6.07, 6.45) is 3.21. The minimum Gasteiger partial charge on any atom is -0.354 e. The van der Waals surface area contributed by atoms with Gasteiger partial charge in [0.05, 0.1) is 9.90 Å². The number of carbonyl (C=O) groups excluding carboxylic acids is 2. The molecular weight excluding hydrogens is 577 g/mol. The zero-order valence-electron chi connectivity index (χ0n) is 21.9. The lowest BCUT2D eigenvalue weighted by Crippen LogP contribution is -2.48. The molecule has 3 N–H and O–H groups in total. The van der Waals surface area contributed by atoms with Gasteiger partial charge in [-0.2, -0.15) is 0 Å². The van der Waals surface area contributed by atoms with Gasteiger partial charge in [-0.1, -0.05) is 61.7 Å².